The van der Waals surface area contributed by atoms with E-state index in [9.17, 15) is 0 Å². The highest BCUT2D eigenvalue weighted by Crippen LogP contribution is 2.41. The second kappa shape index (κ2) is 7.98. The number of rotatable bonds is 2. The zero-order valence-corrected chi connectivity index (χ0v) is 21.4. The molecule has 0 amide bonds. The fraction of sp³-hybridized carbons (Fsp3) is 0. The molecular weight excluding hydrogens is 490 g/mol. The van der Waals surface area contributed by atoms with E-state index < -0.39 is 0 Å². The molecule has 9 aromatic rings. The van der Waals surface area contributed by atoms with Crippen LogP contribution in [0.15, 0.2) is 128 Å². The van der Waals surface area contributed by atoms with Gasteiger partial charge in [0.05, 0.1) is 33.0 Å². The Kier molecular flexibility index (Phi) is 4.27. The van der Waals surface area contributed by atoms with Crippen molar-refractivity contribution in [3.8, 4) is 16.9 Å². The van der Waals surface area contributed by atoms with Gasteiger partial charge in [-0.05, 0) is 53.4 Å². The topological polar surface area (TPSA) is 48.0 Å². The molecule has 0 fully saturated rings. The van der Waals surface area contributed by atoms with Gasteiger partial charge in [0.25, 0.3) is 0 Å². The summed E-state index contributed by atoms with van der Waals surface area (Å²) in [5.74, 6) is 0.863. The largest absolute Gasteiger partial charge is 0.293 e. The summed E-state index contributed by atoms with van der Waals surface area (Å²) >= 11 is 0. The van der Waals surface area contributed by atoms with E-state index in [1.54, 1.807) is 6.20 Å². The third kappa shape index (κ3) is 2.83. The third-order valence-electron chi connectivity index (χ3n) is 8.03. The predicted molar refractivity (Wildman–Crippen MR) is 163 cm³/mol. The molecule has 5 nitrogen and oxygen atoms in total. The van der Waals surface area contributed by atoms with E-state index >= 15 is 0 Å². The standard InChI is InChI=1S/C35H21N5/c1-4-12-29-24(9-1)26-15-16-27-25-10-2-5-13-30(25)40(32-20-22(17-19-37-32)23-8-7-18-36-21-23)34(27)33(26)35-38-28-11-3-6-14-31(28)39(29)35/h1-21H. The Bertz CT molecular complexity index is 2430. The van der Waals surface area contributed by atoms with Gasteiger partial charge < -0.3 is 0 Å². The lowest BCUT2D eigenvalue weighted by Crippen LogP contribution is -1.99. The van der Waals surface area contributed by atoms with Crippen LogP contribution >= 0.6 is 0 Å². The van der Waals surface area contributed by atoms with Gasteiger partial charge in [0.15, 0.2) is 0 Å². The van der Waals surface area contributed by atoms with E-state index in [1.165, 1.54) is 21.5 Å². The molecule has 0 bridgehead atoms. The summed E-state index contributed by atoms with van der Waals surface area (Å²) in [6.45, 7) is 0. The molecule has 186 valence electrons. The predicted octanol–water partition coefficient (Wildman–Crippen LogP) is 8.35. The van der Waals surface area contributed by atoms with E-state index in [2.05, 4.69) is 111 Å². The summed E-state index contributed by atoms with van der Waals surface area (Å²) in [6.07, 6.45) is 5.58. The molecule has 0 spiro atoms. The first-order valence-corrected chi connectivity index (χ1v) is 13.4. The average molecular weight is 512 g/mol. The number of fused-ring (bicyclic) bond motifs is 12. The van der Waals surface area contributed by atoms with Crippen LogP contribution < -0.4 is 0 Å². The highest BCUT2D eigenvalue weighted by atomic mass is 15.1. The average Bonchev–Trinajstić information content (AvgIpc) is 3.58. The van der Waals surface area contributed by atoms with Crippen molar-refractivity contribution in [2.24, 2.45) is 0 Å². The van der Waals surface area contributed by atoms with Crippen molar-refractivity contribution in [2.45, 2.75) is 0 Å². The number of benzene rings is 4. The first-order chi connectivity index (χ1) is 19.9. The summed E-state index contributed by atoms with van der Waals surface area (Å²) in [4.78, 5) is 14.5. The van der Waals surface area contributed by atoms with Crippen molar-refractivity contribution >= 4 is 60.2 Å². The number of para-hydroxylation sites is 4. The van der Waals surface area contributed by atoms with Crippen LogP contribution in [0.3, 0.4) is 0 Å². The first-order valence-electron chi connectivity index (χ1n) is 13.4. The molecule has 0 atom stereocenters. The lowest BCUT2D eigenvalue weighted by Gasteiger charge is -2.13. The molecule has 0 saturated heterocycles. The van der Waals surface area contributed by atoms with Crippen LogP contribution in [0, 0.1) is 0 Å². The Hall–Kier alpha value is -5.55. The monoisotopic (exact) mass is 511 g/mol. The van der Waals surface area contributed by atoms with Crippen LogP contribution in [0.1, 0.15) is 0 Å². The van der Waals surface area contributed by atoms with Crippen molar-refractivity contribution in [3.63, 3.8) is 0 Å². The molecule has 9 rings (SSSR count). The van der Waals surface area contributed by atoms with E-state index in [0.29, 0.717) is 0 Å². The summed E-state index contributed by atoms with van der Waals surface area (Å²) in [5, 5.41) is 5.87. The zero-order chi connectivity index (χ0) is 26.2. The molecule has 0 radical (unpaired) electrons. The van der Waals surface area contributed by atoms with Crippen LogP contribution in [0.25, 0.3) is 77.1 Å². The van der Waals surface area contributed by atoms with Crippen LogP contribution in [0.2, 0.25) is 0 Å². The van der Waals surface area contributed by atoms with Crippen molar-refractivity contribution in [3.05, 3.63) is 128 Å². The number of aromatic nitrogens is 5. The number of imidazole rings is 1. The zero-order valence-electron chi connectivity index (χ0n) is 21.4. The van der Waals surface area contributed by atoms with Crippen molar-refractivity contribution in [1.82, 2.24) is 23.9 Å². The summed E-state index contributed by atoms with van der Waals surface area (Å²) < 4.78 is 4.62. The quantitative estimate of drug-likeness (QED) is 0.219. The Labute approximate surface area is 228 Å². The SMILES string of the molecule is c1cncc(-c2ccnc(-n3c4ccccc4c4ccc5c6ccccc6n6c7ccccc7nc6c5c43)c2)c1. The number of nitrogens with zero attached hydrogens (tertiary/aromatic N) is 5. The second-order valence-corrected chi connectivity index (χ2v) is 10.2. The number of pyridine rings is 3. The third-order valence-corrected chi connectivity index (χ3v) is 8.03. The van der Waals surface area contributed by atoms with Crippen molar-refractivity contribution in [2.75, 3.05) is 0 Å². The van der Waals surface area contributed by atoms with E-state index in [0.717, 1.165) is 55.6 Å². The smallest absolute Gasteiger partial charge is 0.148 e. The van der Waals surface area contributed by atoms with E-state index in [-0.39, 0.29) is 0 Å². The minimum atomic E-state index is 0.863. The van der Waals surface area contributed by atoms with Crippen LogP contribution in [-0.4, -0.2) is 23.9 Å². The molecule has 0 aliphatic rings. The first kappa shape index (κ1) is 21.4. The van der Waals surface area contributed by atoms with Crippen LogP contribution in [0.5, 0.6) is 0 Å². The minimum absolute atomic E-state index is 0.863. The Balaban J connectivity index is 1.53. The lowest BCUT2D eigenvalue weighted by molar-refractivity contribution is 1.08. The Morgan fingerprint density at radius 1 is 0.550 bits per heavy atom. The summed E-state index contributed by atoms with van der Waals surface area (Å²) in [5.41, 5.74) is 8.55. The molecule has 0 saturated carbocycles. The van der Waals surface area contributed by atoms with Gasteiger partial charge in [0.2, 0.25) is 0 Å². The number of hydrogen-bond donors (Lipinski definition) is 0. The van der Waals surface area contributed by atoms with Crippen molar-refractivity contribution < 1.29 is 0 Å². The molecule has 5 heterocycles. The fourth-order valence-electron chi connectivity index (χ4n) is 6.33. The molecule has 0 aliphatic carbocycles. The molecule has 5 heteroatoms. The maximum Gasteiger partial charge on any atom is 0.148 e. The minimum Gasteiger partial charge on any atom is -0.293 e. The second-order valence-electron chi connectivity index (χ2n) is 10.2. The van der Waals surface area contributed by atoms with E-state index in [1.807, 2.05) is 24.5 Å². The van der Waals surface area contributed by atoms with Gasteiger partial charge in [-0.2, -0.15) is 0 Å². The van der Waals surface area contributed by atoms with Gasteiger partial charge >= 0.3 is 0 Å². The molecule has 0 unspecified atom stereocenters. The van der Waals surface area contributed by atoms with Gasteiger partial charge in [-0.25, -0.2) is 9.97 Å². The maximum absolute atomic E-state index is 5.23. The van der Waals surface area contributed by atoms with Gasteiger partial charge in [-0.15, -0.1) is 0 Å². The molecule has 0 N–H and O–H groups in total. The highest BCUT2D eigenvalue weighted by molar-refractivity contribution is 6.27. The number of hydrogen-bond acceptors (Lipinski definition) is 3. The van der Waals surface area contributed by atoms with Gasteiger partial charge in [-0.1, -0.05) is 66.7 Å². The van der Waals surface area contributed by atoms with Crippen LogP contribution in [-0.2, 0) is 0 Å². The van der Waals surface area contributed by atoms with Gasteiger partial charge in [-0.3, -0.25) is 14.0 Å². The molecular formula is C35H21N5. The summed E-state index contributed by atoms with van der Waals surface area (Å²) in [7, 11) is 0. The Morgan fingerprint density at radius 3 is 2.15 bits per heavy atom. The molecule has 5 aromatic heterocycles. The molecule has 0 aliphatic heterocycles. The van der Waals surface area contributed by atoms with Gasteiger partial charge in [0.1, 0.15) is 11.5 Å². The van der Waals surface area contributed by atoms with Gasteiger partial charge in [0, 0.05) is 40.3 Å². The normalized spacial score (nSPS) is 12.0. The molecule has 4 aromatic carbocycles. The molecule has 40 heavy (non-hydrogen) atoms. The van der Waals surface area contributed by atoms with E-state index in [4.69, 9.17) is 9.97 Å². The van der Waals surface area contributed by atoms with Crippen molar-refractivity contribution in [1.29, 1.82) is 0 Å². The summed E-state index contributed by atoms with van der Waals surface area (Å²) in [6, 6.07) is 38.4. The fourth-order valence-corrected chi connectivity index (χ4v) is 6.33. The highest BCUT2D eigenvalue weighted by Gasteiger charge is 2.21. The maximum atomic E-state index is 5.23. The Morgan fingerprint density at radius 2 is 1.30 bits per heavy atom. The van der Waals surface area contributed by atoms with Crippen LogP contribution in [0.4, 0.5) is 0 Å². The lowest BCUT2D eigenvalue weighted by atomic mass is 10.0.